The van der Waals surface area contributed by atoms with Crippen molar-refractivity contribution in [2.24, 2.45) is 0 Å². The number of rotatable bonds is 4. The fourth-order valence-corrected chi connectivity index (χ4v) is 0.241. The number of hydrogen-bond acceptors (Lipinski definition) is 9. The van der Waals surface area contributed by atoms with Gasteiger partial charge in [0, 0.05) is 6.61 Å². The number of ether oxygens (including phenoxy) is 1. The largest absolute Gasteiger partial charge is 0.652 e. The summed E-state index contributed by atoms with van der Waals surface area (Å²) in [5.74, 6) is 0. The van der Waals surface area contributed by atoms with Crippen molar-refractivity contribution in [1.29, 1.82) is 0 Å². The number of carbonyl (C=O) groups is 2. The van der Waals surface area contributed by atoms with Gasteiger partial charge in [-0.1, -0.05) is 0 Å². The minimum atomic E-state index is -2.33. The highest BCUT2D eigenvalue weighted by molar-refractivity contribution is 5.47. The van der Waals surface area contributed by atoms with E-state index in [4.69, 9.17) is 40.0 Å². The SMILES string of the molecule is CCOCCOO.O=C([O-])[O-].O=C([O-])[O-]. The zero-order chi connectivity index (χ0) is 12.7. The van der Waals surface area contributed by atoms with Gasteiger partial charge in [-0.2, -0.15) is 0 Å². The molecule has 0 spiro atoms. The molecule has 92 valence electrons. The van der Waals surface area contributed by atoms with Gasteiger partial charge in [-0.05, 0) is 19.2 Å². The van der Waals surface area contributed by atoms with Crippen molar-refractivity contribution in [2.75, 3.05) is 19.8 Å². The normalized spacial score (nSPS) is 7.60. The summed E-state index contributed by atoms with van der Waals surface area (Å²) < 4.78 is 4.79. The van der Waals surface area contributed by atoms with Crippen LogP contribution in [0.5, 0.6) is 0 Å². The Hall–Kier alpha value is -1.58. The number of carboxylic acid groups (broad SMARTS) is 4. The molecule has 0 aromatic carbocycles. The maximum Gasteiger partial charge on any atom is 0.105 e. The van der Waals surface area contributed by atoms with Crippen LogP contribution >= 0.6 is 0 Å². The van der Waals surface area contributed by atoms with Crippen LogP contribution in [0.4, 0.5) is 9.59 Å². The third-order valence-corrected chi connectivity index (χ3v) is 0.523. The molecule has 0 aromatic rings. The molecule has 0 saturated carbocycles. The average Bonchev–Trinajstić information content (AvgIpc) is 2.03. The zero-order valence-electron chi connectivity index (χ0n) is 7.83. The third-order valence-electron chi connectivity index (χ3n) is 0.523. The minimum absolute atomic E-state index is 0.258. The lowest BCUT2D eigenvalue weighted by Gasteiger charge is -1.96. The van der Waals surface area contributed by atoms with Gasteiger partial charge in [0.15, 0.2) is 0 Å². The predicted molar refractivity (Wildman–Crippen MR) is 35.9 cm³/mol. The van der Waals surface area contributed by atoms with E-state index in [0.717, 1.165) is 0 Å². The molecule has 15 heavy (non-hydrogen) atoms. The second-order valence-corrected chi connectivity index (χ2v) is 1.53. The average molecular weight is 226 g/mol. The molecule has 9 heteroatoms. The van der Waals surface area contributed by atoms with Crippen molar-refractivity contribution in [3.8, 4) is 0 Å². The van der Waals surface area contributed by atoms with Crippen LogP contribution in [0, 0.1) is 0 Å². The fourth-order valence-electron chi connectivity index (χ4n) is 0.241. The van der Waals surface area contributed by atoms with Crippen LogP contribution in [-0.4, -0.2) is 37.4 Å². The Labute approximate surface area is 85.0 Å². The van der Waals surface area contributed by atoms with Crippen molar-refractivity contribution >= 4 is 12.3 Å². The van der Waals surface area contributed by atoms with E-state index in [1.54, 1.807) is 0 Å². The number of hydrogen-bond donors (Lipinski definition) is 1. The first kappa shape index (κ1) is 19.1. The van der Waals surface area contributed by atoms with Gasteiger partial charge in [0.1, 0.15) is 6.61 Å². The van der Waals surface area contributed by atoms with E-state index in [2.05, 4.69) is 4.89 Å². The smallest absolute Gasteiger partial charge is 0.105 e. The molecule has 0 atom stereocenters. The van der Waals surface area contributed by atoms with Crippen molar-refractivity contribution in [3.63, 3.8) is 0 Å². The van der Waals surface area contributed by atoms with Crippen LogP contribution in [-0.2, 0) is 9.62 Å². The predicted octanol–water partition coefficient (Wildman–Crippen LogP) is -4.38. The Morgan fingerprint density at radius 1 is 1.07 bits per heavy atom. The van der Waals surface area contributed by atoms with Crippen LogP contribution in [0.25, 0.3) is 0 Å². The van der Waals surface area contributed by atoms with E-state index in [9.17, 15) is 0 Å². The maximum atomic E-state index is 8.33. The molecule has 1 N–H and O–H groups in total. The zero-order valence-corrected chi connectivity index (χ0v) is 7.83. The van der Waals surface area contributed by atoms with E-state index in [0.29, 0.717) is 13.2 Å². The summed E-state index contributed by atoms with van der Waals surface area (Å²) in [5.41, 5.74) is 0. The maximum absolute atomic E-state index is 8.33. The molecular weight excluding hydrogens is 216 g/mol. The molecule has 0 rings (SSSR count). The van der Waals surface area contributed by atoms with Crippen LogP contribution in [0.3, 0.4) is 0 Å². The standard InChI is InChI=1S/C4H10O3.2CH2O3/c1-2-6-3-4-7-5;2*2-1(3)4/h5H,2-4H2,1H3;2*(H2,2,3,4)/p-4. The van der Waals surface area contributed by atoms with E-state index in [-0.39, 0.29) is 6.61 Å². The van der Waals surface area contributed by atoms with Crippen LogP contribution in [0.1, 0.15) is 6.92 Å². The molecule has 0 heterocycles. The van der Waals surface area contributed by atoms with Gasteiger partial charge in [-0.25, -0.2) is 4.89 Å². The van der Waals surface area contributed by atoms with Gasteiger partial charge >= 0.3 is 0 Å². The lowest BCUT2D eigenvalue weighted by atomic mass is 10.8. The molecule has 0 aromatic heterocycles. The molecule has 0 radical (unpaired) electrons. The van der Waals surface area contributed by atoms with Crippen LogP contribution in [0.15, 0.2) is 0 Å². The Morgan fingerprint density at radius 2 is 1.40 bits per heavy atom. The Bertz CT molecular complexity index is 122. The molecule has 0 bridgehead atoms. The van der Waals surface area contributed by atoms with E-state index in [1.807, 2.05) is 6.92 Å². The Morgan fingerprint density at radius 3 is 1.60 bits per heavy atom. The van der Waals surface area contributed by atoms with E-state index >= 15 is 0 Å². The first-order chi connectivity index (χ1) is 6.88. The fraction of sp³-hybridized carbons (Fsp3) is 0.667. The molecule has 9 nitrogen and oxygen atoms in total. The van der Waals surface area contributed by atoms with Gasteiger partial charge < -0.3 is 34.8 Å². The van der Waals surface area contributed by atoms with Crippen molar-refractivity contribution in [2.45, 2.75) is 6.92 Å². The second kappa shape index (κ2) is 18.3. The first-order valence-electron chi connectivity index (χ1n) is 3.48. The minimum Gasteiger partial charge on any atom is -0.652 e. The first-order valence-corrected chi connectivity index (χ1v) is 3.48. The molecular formula is C6H10O9-4. The number of carbonyl (C=O) groups excluding carboxylic acids is 2. The summed E-state index contributed by atoms with van der Waals surface area (Å²) in [4.78, 5) is 20.4. The van der Waals surface area contributed by atoms with Crippen LogP contribution in [0.2, 0.25) is 0 Å². The third kappa shape index (κ3) is 230. The van der Waals surface area contributed by atoms with Crippen LogP contribution < -0.4 is 20.4 Å². The lowest BCUT2D eigenvalue weighted by molar-refractivity contribution is -0.417. The summed E-state index contributed by atoms with van der Waals surface area (Å²) in [7, 11) is 0. The lowest BCUT2D eigenvalue weighted by Crippen LogP contribution is -2.37. The summed E-state index contributed by atoms with van der Waals surface area (Å²) in [6, 6.07) is 0. The summed E-state index contributed by atoms with van der Waals surface area (Å²) in [6.45, 7) is 3.28. The second-order valence-electron chi connectivity index (χ2n) is 1.53. The molecule has 0 aliphatic rings. The van der Waals surface area contributed by atoms with E-state index < -0.39 is 12.3 Å². The van der Waals surface area contributed by atoms with Gasteiger partial charge in [0.25, 0.3) is 0 Å². The monoisotopic (exact) mass is 226 g/mol. The molecule has 0 aliphatic carbocycles. The van der Waals surface area contributed by atoms with Gasteiger partial charge in [0.05, 0.1) is 6.61 Å². The molecule has 0 unspecified atom stereocenters. The molecule has 0 fully saturated rings. The topological polar surface area (TPSA) is 165 Å². The van der Waals surface area contributed by atoms with Crippen molar-refractivity contribution < 1.29 is 44.9 Å². The van der Waals surface area contributed by atoms with Crippen molar-refractivity contribution in [1.82, 2.24) is 0 Å². The quantitative estimate of drug-likeness (QED) is 0.283. The van der Waals surface area contributed by atoms with Crippen molar-refractivity contribution in [3.05, 3.63) is 0 Å². The highest BCUT2D eigenvalue weighted by atomic mass is 17.1. The Kier molecular flexibility index (Phi) is 23.2. The van der Waals surface area contributed by atoms with Gasteiger partial charge in [0.2, 0.25) is 0 Å². The molecule has 0 aliphatic heterocycles. The summed E-state index contributed by atoms with van der Waals surface area (Å²) in [5, 5.41) is 41.0. The molecule has 0 amide bonds. The highest BCUT2D eigenvalue weighted by Crippen LogP contribution is 1.71. The Balaban J connectivity index is -0.000000155. The molecule has 0 saturated heterocycles. The van der Waals surface area contributed by atoms with Gasteiger partial charge in [-0.15, -0.1) is 0 Å². The highest BCUT2D eigenvalue weighted by Gasteiger charge is 1.79. The van der Waals surface area contributed by atoms with Gasteiger partial charge in [-0.3, -0.25) is 5.26 Å². The summed E-state index contributed by atoms with van der Waals surface area (Å²) >= 11 is 0. The van der Waals surface area contributed by atoms with E-state index in [1.165, 1.54) is 0 Å². The summed E-state index contributed by atoms with van der Waals surface area (Å²) in [6.07, 6.45) is -4.67.